The van der Waals surface area contributed by atoms with Crippen LogP contribution in [0, 0.1) is 0 Å². The van der Waals surface area contributed by atoms with E-state index < -0.39 is 0 Å². The van der Waals surface area contributed by atoms with Crippen LogP contribution in [0.5, 0.6) is 0 Å². The van der Waals surface area contributed by atoms with Gasteiger partial charge in [0.2, 0.25) is 0 Å². The minimum atomic E-state index is 0.825. The van der Waals surface area contributed by atoms with Crippen LogP contribution in [-0.2, 0) is 4.74 Å². The van der Waals surface area contributed by atoms with Crippen molar-refractivity contribution in [2.75, 3.05) is 0 Å². The van der Waals surface area contributed by atoms with Crippen molar-refractivity contribution in [1.82, 2.24) is 4.98 Å². The van der Waals surface area contributed by atoms with Gasteiger partial charge in [-0.15, -0.1) is 0 Å². The summed E-state index contributed by atoms with van der Waals surface area (Å²) < 4.78 is 6.59. The van der Waals surface area contributed by atoms with Gasteiger partial charge in [0.15, 0.2) is 0 Å². The van der Waals surface area contributed by atoms with Crippen LogP contribution >= 0.6 is 0 Å². The fourth-order valence-corrected chi connectivity index (χ4v) is 6.07. The molecule has 0 atom stereocenters. The second-order valence-electron chi connectivity index (χ2n) is 10.7. The average Bonchev–Trinajstić information content (AvgIpc) is 3.44. The number of ether oxygens (including phenoxy) is 1. The first-order valence-corrected chi connectivity index (χ1v) is 14.6. The number of benzene rings is 5. The van der Waals surface area contributed by atoms with Crippen LogP contribution in [0.4, 0.5) is 0 Å². The van der Waals surface area contributed by atoms with Crippen LogP contribution in [-0.4, -0.2) is 4.98 Å². The molecule has 0 unspecified atom stereocenters. The Bertz CT molecular complexity index is 2000. The summed E-state index contributed by atoms with van der Waals surface area (Å²) in [5.74, 6) is 1.65. The van der Waals surface area contributed by atoms with Crippen LogP contribution in [0.1, 0.15) is 22.3 Å². The molecule has 1 aliphatic carbocycles. The Morgan fingerprint density at radius 3 is 1.44 bits per heavy atom. The molecule has 2 nitrogen and oxygen atoms in total. The molecule has 2 aliphatic rings. The number of hydrogen-bond donors (Lipinski definition) is 0. The van der Waals surface area contributed by atoms with Gasteiger partial charge in [-0.25, -0.2) is 4.98 Å². The van der Waals surface area contributed by atoms with Crippen molar-refractivity contribution in [1.29, 1.82) is 0 Å². The van der Waals surface area contributed by atoms with Gasteiger partial charge in [0.25, 0.3) is 0 Å². The molecule has 2 heteroatoms. The Morgan fingerprint density at radius 2 is 0.884 bits per heavy atom. The van der Waals surface area contributed by atoms with Crippen molar-refractivity contribution in [3.63, 3.8) is 0 Å². The summed E-state index contributed by atoms with van der Waals surface area (Å²) in [6.07, 6.45) is 4.37. The highest BCUT2D eigenvalue weighted by molar-refractivity contribution is 6.08. The number of aromatic nitrogens is 1. The molecule has 0 saturated heterocycles. The molecule has 8 rings (SSSR count). The maximum Gasteiger partial charge on any atom is 0.135 e. The first kappa shape index (κ1) is 25.0. The Hall–Kier alpha value is -5.73. The second kappa shape index (κ2) is 10.6. The molecule has 202 valence electrons. The standard InChI is InChI=1S/C41H27NO/c1-5-15-28(16-6-1)35-27-36(29-17-7-2-8-18-29)42-41-34-24-14-13-23-33(34)39(40(35)41)32-25-37(30-19-9-3-10-20-30)43-38(26-32)31-21-11-4-12-22-31/h1-27H. The highest BCUT2D eigenvalue weighted by Crippen LogP contribution is 2.51. The van der Waals surface area contributed by atoms with Gasteiger partial charge in [-0.1, -0.05) is 146 Å². The topological polar surface area (TPSA) is 22.1 Å². The molecule has 1 aromatic heterocycles. The average molecular weight is 550 g/mol. The molecule has 5 aromatic carbocycles. The van der Waals surface area contributed by atoms with Gasteiger partial charge in [0, 0.05) is 27.8 Å². The van der Waals surface area contributed by atoms with Crippen LogP contribution in [0.3, 0.4) is 0 Å². The van der Waals surface area contributed by atoms with E-state index in [0.717, 1.165) is 61.9 Å². The quantitative estimate of drug-likeness (QED) is 0.218. The van der Waals surface area contributed by atoms with Gasteiger partial charge in [0.05, 0.1) is 11.4 Å². The summed E-state index contributed by atoms with van der Waals surface area (Å²) in [5.41, 5.74) is 13.2. The Morgan fingerprint density at radius 1 is 0.419 bits per heavy atom. The number of hydrogen-bond acceptors (Lipinski definition) is 2. The summed E-state index contributed by atoms with van der Waals surface area (Å²) in [6.45, 7) is 0. The molecule has 0 spiro atoms. The molecule has 0 amide bonds. The van der Waals surface area contributed by atoms with Crippen LogP contribution in [0.15, 0.2) is 169 Å². The second-order valence-corrected chi connectivity index (χ2v) is 10.7. The molecule has 43 heavy (non-hydrogen) atoms. The van der Waals surface area contributed by atoms with Crippen molar-refractivity contribution in [3.05, 3.63) is 192 Å². The van der Waals surface area contributed by atoms with Crippen LogP contribution < -0.4 is 0 Å². The minimum Gasteiger partial charge on any atom is -0.456 e. The Kier molecular flexibility index (Phi) is 6.16. The third-order valence-electron chi connectivity index (χ3n) is 8.07. The van der Waals surface area contributed by atoms with E-state index in [4.69, 9.17) is 9.72 Å². The van der Waals surface area contributed by atoms with E-state index in [0.29, 0.717) is 0 Å². The molecule has 0 radical (unpaired) electrons. The zero-order chi connectivity index (χ0) is 28.6. The summed E-state index contributed by atoms with van der Waals surface area (Å²) in [4.78, 5) is 5.34. The maximum absolute atomic E-state index is 6.59. The molecular formula is C41H27NO. The number of rotatable bonds is 4. The highest BCUT2D eigenvalue weighted by Gasteiger charge is 2.31. The first-order valence-electron chi connectivity index (χ1n) is 14.6. The molecule has 2 heterocycles. The van der Waals surface area contributed by atoms with Crippen molar-refractivity contribution >= 4 is 17.1 Å². The van der Waals surface area contributed by atoms with Gasteiger partial charge in [-0.05, 0) is 46.1 Å². The fourth-order valence-electron chi connectivity index (χ4n) is 6.07. The van der Waals surface area contributed by atoms with E-state index >= 15 is 0 Å². The van der Waals surface area contributed by atoms with E-state index in [1.807, 2.05) is 18.2 Å². The van der Waals surface area contributed by atoms with Gasteiger partial charge < -0.3 is 4.74 Å². The lowest BCUT2D eigenvalue weighted by molar-refractivity contribution is 0.467. The smallest absolute Gasteiger partial charge is 0.135 e. The molecule has 0 bridgehead atoms. The van der Waals surface area contributed by atoms with Crippen LogP contribution in [0.2, 0.25) is 0 Å². The lowest BCUT2D eigenvalue weighted by Crippen LogP contribution is -2.02. The largest absolute Gasteiger partial charge is 0.456 e. The molecule has 0 N–H and O–H groups in total. The third-order valence-corrected chi connectivity index (χ3v) is 8.07. The van der Waals surface area contributed by atoms with E-state index in [9.17, 15) is 0 Å². The Labute approximate surface area is 251 Å². The molecular weight excluding hydrogens is 522 g/mol. The van der Waals surface area contributed by atoms with Crippen molar-refractivity contribution in [2.45, 2.75) is 0 Å². The number of pyridine rings is 1. The zero-order valence-electron chi connectivity index (χ0n) is 23.4. The van der Waals surface area contributed by atoms with Gasteiger partial charge in [0.1, 0.15) is 11.5 Å². The molecule has 0 fully saturated rings. The van der Waals surface area contributed by atoms with Gasteiger partial charge in [-0.2, -0.15) is 0 Å². The predicted molar refractivity (Wildman–Crippen MR) is 176 cm³/mol. The molecule has 6 aromatic rings. The van der Waals surface area contributed by atoms with Crippen molar-refractivity contribution in [3.8, 4) is 33.6 Å². The van der Waals surface area contributed by atoms with E-state index in [2.05, 4.69) is 146 Å². The summed E-state index contributed by atoms with van der Waals surface area (Å²) in [7, 11) is 0. The van der Waals surface area contributed by atoms with Crippen LogP contribution in [0.25, 0.3) is 50.7 Å². The van der Waals surface area contributed by atoms with Gasteiger partial charge >= 0.3 is 0 Å². The fraction of sp³-hybridized carbons (Fsp3) is 0. The molecule has 0 saturated carbocycles. The highest BCUT2D eigenvalue weighted by atomic mass is 16.5. The summed E-state index contributed by atoms with van der Waals surface area (Å²) in [5, 5.41) is 0. The third kappa shape index (κ3) is 4.50. The lowest BCUT2D eigenvalue weighted by atomic mass is 9.89. The van der Waals surface area contributed by atoms with E-state index in [1.54, 1.807) is 0 Å². The number of fused-ring (bicyclic) bond motifs is 3. The maximum atomic E-state index is 6.59. The normalized spacial score (nSPS) is 13.5. The summed E-state index contributed by atoms with van der Waals surface area (Å²) in [6, 6.07) is 52.7. The number of allylic oxidation sites excluding steroid dienone is 3. The zero-order valence-corrected chi connectivity index (χ0v) is 23.4. The number of nitrogens with zero attached hydrogens (tertiary/aromatic N) is 1. The lowest BCUT2D eigenvalue weighted by Gasteiger charge is -2.21. The molecule has 1 aliphatic heterocycles. The SMILES string of the molecule is C1=C(c2ccccc2)OC(c2ccccc2)=CC1=C1c2ccccc2-c2nc(-c3ccccc3)cc(-c3ccccc3)c21. The van der Waals surface area contributed by atoms with Gasteiger partial charge in [-0.3, -0.25) is 0 Å². The van der Waals surface area contributed by atoms with Crippen molar-refractivity contribution in [2.24, 2.45) is 0 Å². The summed E-state index contributed by atoms with van der Waals surface area (Å²) >= 11 is 0. The van der Waals surface area contributed by atoms with E-state index in [-0.39, 0.29) is 0 Å². The predicted octanol–water partition coefficient (Wildman–Crippen LogP) is 10.3. The van der Waals surface area contributed by atoms with E-state index in [1.165, 1.54) is 16.7 Å². The minimum absolute atomic E-state index is 0.825. The monoisotopic (exact) mass is 549 g/mol. The Balaban J connectivity index is 1.46. The first-order chi connectivity index (χ1) is 21.3. The van der Waals surface area contributed by atoms with Crippen molar-refractivity contribution < 1.29 is 4.74 Å².